The van der Waals surface area contributed by atoms with Crippen LogP contribution in [0.5, 0.6) is 0 Å². The molecule has 0 aliphatic carbocycles. The molecule has 0 fully saturated rings. The van der Waals surface area contributed by atoms with E-state index >= 15 is 0 Å². The molecule has 0 aliphatic heterocycles. The van der Waals surface area contributed by atoms with Crippen molar-refractivity contribution in [2.45, 2.75) is 11.8 Å². The summed E-state index contributed by atoms with van der Waals surface area (Å²) in [5, 5.41) is 1.28. The molecular formula is C15H14ClCuNS-. The fourth-order valence-corrected chi connectivity index (χ4v) is 1.67. The second-order valence-electron chi connectivity index (χ2n) is 3.88. The Kier molecular flexibility index (Phi) is 7.61. The maximum atomic E-state index is 4.87. The van der Waals surface area contributed by atoms with Crippen molar-refractivity contribution in [1.82, 2.24) is 0 Å². The van der Waals surface area contributed by atoms with Crippen LogP contribution in [0, 0.1) is 6.92 Å². The quantitative estimate of drug-likeness (QED) is 0.343. The second kappa shape index (κ2) is 9.00. The molecular weight excluding hydrogens is 325 g/mol. The summed E-state index contributed by atoms with van der Waals surface area (Å²) in [6.07, 6.45) is 1.95. The van der Waals surface area contributed by atoms with Crippen LogP contribution < -0.4 is 4.98 Å². The van der Waals surface area contributed by atoms with Crippen LogP contribution >= 0.6 is 10.1 Å². The van der Waals surface area contributed by atoms with E-state index in [1.54, 1.807) is 0 Å². The molecule has 0 bridgehead atoms. The maximum absolute atomic E-state index is 4.87. The summed E-state index contributed by atoms with van der Waals surface area (Å²) < 4.78 is 0. The summed E-state index contributed by atoms with van der Waals surface area (Å²) in [7, 11) is 4.20. The van der Waals surface area contributed by atoms with Gasteiger partial charge in [0.15, 0.2) is 0 Å². The summed E-state index contributed by atoms with van der Waals surface area (Å²) in [6, 6.07) is 18.2. The molecule has 3 aromatic rings. The van der Waals surface area contributed by atoms with Crippen molar-refractivity contribution < 1.29 is 20.1 Å². The number of fused-ring (bicyclic) bond motifs is 1. The van der Waals surface area contributed by atoms with E-state index < -0.39 is 0 Å². The van der Waals surface area contributed by atoms with Gasteiger partial charge < -0.3 is 12.6 Å². The number of benzene rings is 2. The smallest absolute Gasteiger partial charge is 0.103 e. The van der Waals surface area contributed by atoms with E-state index in [1.807, 2.05) is 42.6 Å². The van der Waals surface area contributed by atoms with Crippen LogP contribution in [0.15, 0.2) is 65.7 Å². The number of hydrogen-bond acceptors (Lipinski definition) is 1. The number of halogens is 1. The number of H-pyrrole nitrogens is 1. The Bertz CT molecular complexity index is 541. The summed E-state index contributed by atoms with van der Waals surface area (Å²) in [5.41, 5.74) is 2.47. The summed E-state index contributed by atoms with van der Waals surface area (Å²) in [6.45, 7) is 2.05. The normalized spacial score (nSPS) is 9.05. The van der Waals surface area contributed by atoms with Gasteiger partial charge >= 0.3 is 25.2 Å². The number of hydrogen-bond donors (Lipinski definition) is 0. The minimum atomic E-state index is 0.913. The van der Waals surface area contributed by atoms with Gasteiger partial charge in [0.2, 0.25) is 0 Å². The molecule has 0 aliphatic rings. The molecule has 19 heavy (non-hydrogen) atoms. The Balaban J connectivity index is 0.000000170. The van der Waals surface area contributed by atoms with Crippen molar-refractivity contribution in [3.63, 3.8) is 0 Å². The van der Waals surface area contributed by atoms with Crippen molar-refractivity contribution in [2.24, 2.45) is 0 Å². The fraction of sp³-hybridized carbons (Fsp3) is 0.0667. The molecule has 0 spiro atoms. The monoisotopic (exact) mass is 338 g/mol. The standard InChI is InChI=1S/C8H6N.C7H8S.ClH.Cu/c1-2-4-8-7(3-1)5-6-9-8;1-6-2-4-7(8)5-3-6;;/h1-6H;2-5,8H,1H3;1H;/q-1;;;+1/p-1. The third-order valence-corrected chi connectivity index (χ3v) is 2.76. The van der Waals surface area contributed by atoms with Crippen LogP contribution in [-0.4, -0.2) is 0 Å². The van der Waals surface area contributed by atoms with Crippen LogP contribution in [0.25, 0.3) is 10.9 Å². The van der Waals surface area contributed by atoms with Gasteiger partial charge in [0.1, 0.15) is 11.7 Å². The van der Waals surface area contributed by atoms with Crippen molar-refractivity contribution >= 4 is 33.6 Å². The van der Waals surface area contributed by atoms with Gasteiger partial charge in [-0.05, 0) is 13.0 Å². The fourth-order valence-electron chi connectivity index (χ4n) is 1.53. The Labute approximate surface area is 131 Å². The first-order valence-corrected chi connectivity index (χ1v) is 7.33. The molecule has 1 N–H and O–H groups in total. The predicted octanol–water partition coefficient (Wildman–Crippen LogP) is 3.96. The molecule has 1 nitrogen and oxygen atoms in total. The first kappa shape index (κ1) is 16.1. The van der Waals surface area contributed by atoms with E-state index in [1.165, 1.54) is 16.5 Å². The molecule has 3 rings (SSSR count). The van der Waals surface area contributed by atoms with Gasteiger partial charge in [-0.2, -0.15) is 11.0 Å². The molecule has 104 valence electrons. The van der Waals surface area contributed by atoms with E-state index in [9.17, 15) is 0 Å². The van der Waals surface area contributed by atoms with Gasteiger partial charge in [0.05, 0.1) is 0 Å². The second-order valence-corrected chi connectivity index (χ2v) is 4.35. The Morgan fingerprint density at radius 2 is 1.68 bits per heavy atom. The summed E-state index contributed by atoms with van der Waals surface area (Å²) in [5.74, 6) is 0. The van der Waals surface area contributed by atoms with E-state index in [4.69, 9.17) is 12.6 Å². The molecule has 0 amide bonds. The van der Waals surface area contributed by atoms with Crippen molar-refractivity contribution in [3.05, 3.63) is 66.4 Å². The third kappa shape index (κ3) is 5.66. The average Bonchev–Trinajstić information content (AvgIpc) is 2.93. The molecule has 1 heterocycles. The maximum Gasteiger partial charge on any atom is 0.103 e. The Morgan fingerprint density at radius 1 is 1.05 bits per heavy atom. The number of aromatic nitrogens is 1. The van der Waals surface area contributed by atoms with Crippen molar-refractivity contribution in [2.75, 3.05) is 0 Å². The molecule has 0 atom stereocenters. The van der Waals surface area contributed by atoms with E-state index in [0.29, 0.717) is 0 Å². The zero-order valence-corrected chi connectivity index (χ0v) is 12.9. The van der Waals surface area contributed by atoms with Crippen LogP contribution in [0.2, 0.25) is 0 Å². The molecule has 1 aromatic heterocycles. The molecule has 2 aromatic carbocycles. The molecule has 4 heteroatoms. The van der Waals surface area contributed by atoms with E-state index in [2.05, 4.69) is 55.3 Å². The predicted molar refractivity (Wildman–Crippen MR) is 78.8 cm³/mol. The van der Waals surface area contributed by atoms with E-state index in [-0.39, 0.29) is 0 Å². The van der Waals surface area contributed by atoms with Crippen molar-refractivity contribution in [1.29, 1.82) is 0 Å². The Hall–Kier alpha value is -0.991. The van der Waals surface area contributed by atoms with Crippen molar-refractivity contribution in [3.8, 4) is 0 Å². The SMILES string of the molecule is Cc1ccc([S-])cc1.[Cl][Cu].c1ccc2[nH+]c[cH-]c2c1. The molecule has 0 unspecified atom stereocenters. The minimum Gasteiger partial charge on any atom is -0.275 e. The van der Waals surface area contributed by atoms with Gasteiger partial charge in [0.25, 0.3) is 0 Å². The number of para-hydroxylation sites is 1. The zero-order chi connectivity index (χ0) is 14.1. The number of aryl methyl sites for hydroxylation is 1. The number of aromatic amines is 1. The molecule has 0 saturated heterocycles. The van der Waals surface area contributed by atoms with Crippen LogP contribution in [0.3, 0.4) is 0 Å². The van der Waals surface area contributed by atoms with Gasteiger partial charge in [-0.3, -0.25) is 4.98 Å². The topological polar surface area (TPSA) is 14.1 Å². The minimum absolute atomic E-state index is 0.913. The number of nitrogens with one attached hydrogen (secondary N) is 1. The molecule has 0 radical (unpaired) electrons. The molecule has 0 saturated carbocycles. The largest absolute Gasteiger partial charge is 0.275 e. The Morgan fingerprint density at radius 3 is 2.26 bits per heavy atom. The van der Waals surface area contributed by atoms with Crippen LogP contribution in [-0.2, 0) is 27.7 Å². The average molecular weight is 339 g/mol. The summed E-state index contributed by atoms with van der Waals surface area (Å²) in [4.78, 5) is 4.03. The van der Waals surface area contributed by atoms with Gasteiger partial charge in [0, 0.05) is 0 Å². The van der Waals surface area contributed by atoms with E-state index in [0.717, 1.165) is 4.90 Å². The summed E-state index contributed by atoms with van der Waals surface area (Å²) >= 11 is 8.53. The zero-order valence-electron chi connectivity index (χ0n) is 10.4. The van der Waals surface area contributed by atoms with Gasteiger partial charge in [-0.15, -0.1) is 11.5 Å². The number of rotatable bonds is 0. The van der Waals surface area contributed by atoms with Crippen LogP contribution in [0.4, 0.5) is 0 Å². The first-order chi connectivity index (χ1) is 9.25. The van der Waals surface area contributed by atoms with Gasteiger partial charge in [-0.25, -0.2) is 0 Å². The first-order valence-electron chi connectivity index (χ1n) is 5.63. The van der Waals surface area contributed by atoms with Gasteiger partial charge in [-0.1, -0.05) is 42.0 Å². The third-order valence-electron chi connectivity index (χ3n) is 2.48. The van der Waals surface area contributed by atoms with Crippen LogP contribution in [0.1, 0.15) is 5.56 Å².